The molecule has 0 radical (unpaired) electrons. The summed E-state index contributed by atoms with van der Waals surface area (Å²) in [6, 6.07) is 1.98. The van der Waals surface area contributed by atoms with Crippen molar-refractivity contribution in [2.24, 2.45) is 0 Å². The van der Waals surface area contributed by atoms with E-state index >= 15 is 0 Å². The Bertz CT molecular complexity index is 621. The number of carbonyl (C=O) groups excluding carboxylic acids is 1. The molecule has 0 aromatic heterocycles. The number of methoxy groups -OCH3 is 1. The number of hydrogen-bond acceptors (Lipinski definition) is 5. The summed E-state index contributed by atoms with van der Waals surface area (Å²) in [6.45, 7) is 1.17. The van der Waals surface area contributed by atoms with E-state index in [9.17, 15) is 17.6 Å². The quantitative estimate of drug-likeness (QED) is 0.625. The van der Waals surface area contributed by atoms with Crippen LogP contribution in [0.1, 0.15) is 6.92 Å². The molecule has 0 aliphatic carbocycles. The van der Waals surface area contributed by atoms with Crippen LogP contribution in [0.15, 0.2) is 21.5 Å². The highest BCUT2D eigenvalue weighted by atomic mass is 79.9. The first kappa shape index (κ1) is 16.9. The minimum absolute atomic E-state index is 0.0283. The lowest BCUT2D eigenvalue weighted by molar-refractivity contribution is -0.140. The average Bonchev–Trinajstić information content (AvgIpc) is 2.39. The van der Waals surface area contributed by atoms with E-state index in [1.165, 1.54) is 0 Å². The number of hydrogen-bond donors (Lipinski definition) is 1. The number of nitrogens with zero attached hydrogens (tertiary/aromatic N) is 1. The molecule has 0 aliphatic rings. The zero-order valence-electron chi connectivity index (χ0n) is 10.9. The molecule has 0 spiro atoms. The van der Waals surface area contributed by atoms with Gasteiger partial charge in [0.05, 0.1) is 17.3 Å². The van der Waals surface area contributed by atoms with Crippen LogP contribution in [0, 0.1) is 5.82 Å². The standard InChI is InChI=1S/C11H14BrFN2O4S/c1-3-15(6-11(16)19-2)20(17,18)10-4-7(12)8(13)5-9(10)14/h4-5H,3,6,14H2,1-2H3. The first-order chi connectivity index (χ1) is 9.23. The smallest absolute Gasteiger partial charge is 0.321 e. The Morgan fingerprint density at radius 2 is 2.10 bits per heavy atom. The van der Waals surface area contributed by atoms with Gasteiger partial charge in [0, 0.05) is 6.54 Å². The van der Waals surface area contributed by atoms with Gasteiger partial charge in [-0.1, -0.05) is 6.92 Å². The fourth-order valence-corrected chi connectivity index (χ4v) is 3.49. The van der Waals surface area contributed by atoms with Gasteiger partial charge in [0.25, 0.3) is 0 Å². The van der Waals surface area contributed by atoms with Crippen molar-refractivity contribution < 1.29 is 22.3 Å². The van der Waals surface area contributed by atoms with E-state index in [1.807, 2.05) is 0 Å². The lowest BCUT2D eigenvalue weighted by Gasteiger charge is -2.20. The normalized spacial score (nSPS) is 11.7. The summed E-state index contributed by atoms with van der Waals surface area (Å²) in [5, 5.41) is 0. The maximum atomic E-state index is 13.3. The molecule has 1 aromatic rings. The highest BCUT2D eigenvalue weighted by Crippen LogP contribution is 2.28. The number of esters is 1. The average molecular weight is 369 g/mol. The number of nitrogen functional groups attached to an aromatic ring is 1. The molecule has 0 heterocycles. The Morgan fingerprint density at radius 3 is 2.60 bits per heavy atom. The Morgan fingerprint density at radius 1 is 1.50 bits per heavy atom. The van der Waals surface area contributed by atoms with Crippen LogP contribution < -0.4 is 5.73 Å². The van der Waals surface area contributed by atoms with Gasteiger partial charge < -0.3 is 10.5 Å². The SMILES string of the molecule is CCN(CC(=O)OC)S(=O)(=O)c1cc(Br)c(F)cc1N. The van der Waals surface area contributed by atoms with Gasteiger partial charge in [0.1, 0.15) is 17.3 Å². The maximum Gasteiger partial charge on any atom is 0.321 e. The molecule has 6 nitrogen and oxygen atoms in total. The molecule has 0 atom stereocenters. The van der Waals surface area contributed by atoms with Crippen molar-refractivity contribution >= 4 is 37.6 Å². The number of ether oxygens (including phenoxy) is 1. The Balaban J connectivity index is 3.27. The molecule has 0 bridgehead atoms. The van der Waals surface area contributed by atoms with Crippen molar-refractivity contribution in [3.63, 3.8) is 0 Å². The fourth-order valence-electron chi connectivity index (χ4n) is 1.48. The van der Waals surface area contributed by atoms with E-state index < -0.39 is 28.4 Å². The minimum Gasteiger partial charge on any atom is -0.468 e. The summed E-state index contributed by atoms with van der Waals surface area (Å²) in [5.74, 6) is -1.37. The van der Waals surface area contributed by atoms with Crippen molar-refractivity contribution in [3.05, 3.63) is 22.4 Å². The summed E-state index contributed by atoms with van der Waals surface area (Å²) < 4.78 is 43.4. The second-order valence-corrected chi connectivity index (χ2v) is 6.57. The van der Waals surface area contributed by atoms with Crippen LogP contribution in [0.5, 0.6) is 0 Å². The van der Waals surface area contributed by atoms with Gasteiger partial charge in [0.15, 0.2) is 0 Å². The van der Waals surface area contributed by atoms with Crippen molar-refractivity contribution in [2.45, 2.75) is 11.8 Å². The molecule has 0 aliphatic heterocycles. The lowest BCUT2D eigenvalue weighted by Crippen LogP contribution is -2.36. The zero-order chi connectivity index (χ0) is 15.5. The van der Waals surface area contributed by atoms with Crippen LogP contribution in [0.4, 0.5) is 10.1 Å². The summed E-state index contributed by atoms with van der Waals surface area (Å²) in [5.41, 5.74) is 5.32. The van der Waals surface area contributed by atoms with E-state index in [0.29, 0.717) is 0 Å². The van der Waals surface area contributed by atoms with Crippen LogP contribution in [0.3, 0.4) is 0 Å². The van der Waals surface area contributed by atoms with Gasteiger partial charge >= 0.3 is 5.97 Å². The number of benzene rings is 1. The minimum atomic E-state index is -4.02. The highest BCUT2D eigenvalue weighted by Gasteiger charge is 2.28. The van der Waals surface area contributed by atoms with Gasteiger partial charge in [-0.3, -0.25) is 4.79 Å². The molecule has 0 fully saturated rings. The second kappa shape index (κ2) is 6.51. The number of anilines is 1. The zero-order valence-corrected chi connectivity index (χ0v) is 13.3. The summed E-state index contributed by atoms with van der Waals surface area (Å²) in [7, 11) is -2.86. The third-order valence-electron chi connectivity index (χ3n) is 2.56. The molecule has 0 saturated carbocycles. The third-order valence-corrected chi connectivity index (χ3v) is 5.14. The van der Waals surface area contributed by atoms with Crippen molar-refractivity contribution in [3.8, 4) is 0 Å². The van der Waals surface area contributed by atoms with E-state index in [2.05, 4.69) is 20.7 Å². The molecule has 0 saturated heterocycles. The van der Waals surface area contributed by atoms with Crippen LogP contribution in [-0.4, -0.2) is 38.9 Å². The first-order valence-corrected chi connectivity index (χ1v) is 7.78. The molecule has 0 unspecified atom stereocenters. The van der Waals surface area contributed by atoms with Crippen LogP contribution in [0.2, 0.25) is 0 Å². The van der Waals surface area contributed by atoms with Gasteiger partial charge in [-0.2, -0.15) is 4.31 Å². The summed E-state index contributed by atoms with van der Waals surface area (Å²) >= 11 is 2.90. The first-order valence-electron chi connectivity index (χ1n) is 5.55. The molecular formula is C11H14BrFN2O4S. The largest absolute Gasteiger partial charge is 0.468 e. The van der Waals surface area contributed by atoms with Gasteiger partial charge in [-0.15, -0.1) is 0 Å². The number of rotatable bonds is 5. The predicted octanol–water partition coefficient (Wildman–Crippen LogP) is 1.35. The van der Waals surface area contributed by atoms with Gasteiger partial charge in [-0.25, -0.2) is 12.8 Å². The van der Waals surface area contributed by atoms with Gasteiger partial charge in [-0.05, 0) is 28.1 Å². The lowest BCUT2D eigenvalue weighted by atomic mass is 10.3. The monoisotopic (exact) mass is 368 g/mol. The van der Waals surface area contributed by atoms with E-state index in [0.717, 1.165) is 23.5 Å². The van der Waals surface area contributed by atoms with Crippen LogP contribution >= 0.6 is 15.9 Å². The number of halogens is 2. The molecule has 0 amide bonds. The number of carbonyl (C=O) groups is 1. The van der Waals surface area contributed by atoms with Crippen LogP contribution in [-0.2, 0) is 19.6 Å². The van der Waals surface area contributed by atoms with E-state index in [-0.39, 0.29) is 21.6 Å². The highest BCUT2D eigenvalue weighted by molar-refractivity contribution is 9.10. The Hall–Kier alpha value is -1.19. The summed E-state index contributed by atoms with van der Waals surface area (Å²) in [4.78, 5) is 11.0. The third kappa shape index (κ3) is 3.47. The van der Waals surface area contributed by atoms with Crippen molar-refractivity contribution in [1.82, 2.24) is 4.31 Å². The molecule has 1 rings (SSSR count). The van der Waals surface area contributed by atoms with E-state index in [4.69, 9.17) is 5.73 Å². The van der Waals surface area contributed by atoms with E-state index in [1.54, 1.807) is 6.92 Å². The maximum absolute atomic E-state index is 13.3. The topological polar surface area (TPSA) is 89.7 Å². The molecular weight excluding hydrogens is 355 g/mol. The van der Waals surface area contributed by atoms with Crippen LogP contribution in [0.25, 0.3) is 0 Å². The number of nitrogens with two attached hydrogens (primary N) is 1. The molecule has 112 valence electrons. The van der Waals surface area contributed by atoms with Crippen molar-refractivity contribution in [1.29, 1.82) is 0 Å². The Labute approximate surface area is 124 Å². The molecule has 2 N–H and O–H groups in total. The molecule has 20 heavy (non-hydrogen) atoms. The number of likely N-dealkylation sites (N-methyl/N-ethyl adjacent to an activating group) is 1. The Kier molecular flexibility index (Phi) is 5.49. The molecule has 9 heteroatoms. The summed E-state index contributed by atoms with van der Waals surface area (Å²) in [6.07, 6.45) is 0. The van der Waals surface area contributed by atoms with Gasteiger partial charge in [0.2, 0.25) is 10.0 Å². The predicted molar refractivity (Wildman–Crippen MR) is 75.0 cm³/mol. The second-order valence-electron chi connectivity index (χ2n) is 3.81. The fraction of sp³-hybridized carbons (Fsp3) is 0.364. The van der Waals surface area contributed by atoms with Crippen molar-refractivity contribution in [2.75, 3.05) is 25.9 Å². The molecule has 1 aromatic carbocycles. The number of sulfonamides is 1.